The molecule has 0 bridgehead atoms. The van der Waals surface area contributed by atoms with E-state index in [4.69, 9.17) is 10.00 Å². The van der Waals surface area contributed by atoms with E-state index >= 15 is 0 Å². The number of rotatable bonds is 2. The summed E-state index contributed by atoms with van der Waals surface area (Å²) in [5.74, 6) is -0.0133. The summed E-state index contributed by atoms with van der Waals surface area (Å²) in [4.78, 5) is 0. The van der Waals surface area contributed by atoms with Crippen LogP contribution in [0.4, 0.5) is 4.39 Å². The van der Waals surface area contributed by atoms with Crippen LogP contribution in [-0.2, 0) is 0 Å². The minimum absolute atomic E-state index is 0.190. The first kappa shape index (κ1) is 11.6. The Kier molecular flexibility index (Phi) is 3.11. The van der Waals surface area contributed by atoms with Crippen molar-refractivity contribution in [3.05, 3.63) is 34.2 Å². The molecule has 4 nitrogen and oxygen atoms in total. The molecule has 86 valence electrons. The second kappa shape index (κ2) is 4.55. The van der Waals surface area contributed by atoms with Gasteiger partial charge in [-0.25, -0.2) is 4.39 Å². The summed E-state index contributed by atoms with van der Waals surface area (Å²) in [6.07, 6.45) is 0. The van der Waals surface area contributed by atoms with Crippen molar-refractivity contribution in [2.75, 3.05) is 7.11 Å². The molecule has 1 heterocycles. The van der Waals surface area contributed by atoms with Crippen molar-refractivity contribution in [3.63, 3.8) is 0 Å². The van der Waals surface area contributed by atoms with Crippen LogP contribution in [0.5, 0.6) is 5.75 Å². The standard InChI is InChI=1S/C11H7BrFN3O/c1-17-6-2-3-7(8(13)4-6)11-10(12)9(5-14)15-16-11/h2-4H,1H3,(H,15,16). The summed E-state index contributed by atoms with van der Waals surface area (Å²) < 4.78 is 19.1. The summed E-state index contributed by atoms with van der Waals surface area (Å²) >= 11 is 3.20. The first-order valence-corrected chi connectivity index (χ1v) is 5.44. The molecule has 17 heavy (non-hydrogen) atoms. The Morgan fingerprint density at radius 3 is 2.82 bits per heavy atom. The molecular weight excluding hydrogens is 289 g/mol. The zero-order chi connectivity index (χ0) is 12.4. The Morgan fingerprint density at radius 1 is 1.53 bits per heavy atom. The number of aromatic nitrogens is 2. The lowest BCUT2D eigenvalue weighted by atomic mass is 10.1. The number of nitrogens with zero attached hydrogens (tertiary/aromatic N) is 2. The second-order valence-corrected chi connectivity index (χ2v) is 4.01. The second-order valence-electron chi connectivity index (χ2n) is 3.22. The molecule has 0 aliphatic carbocycles. The first-order valence-electron chi connectivity index (χ1n) is 4.65. The number of methoxy groups -OCH3 is 1. The SMILES string of the molecule is COc1ccc(-c2[nH]nc(C#N)c2Br)c(F)c1. The van der Waals surface area contributed by atoms with E-state index in [1.165, 1.54) is 13.2 Å². The third-order valence-electron chi connectivity index (χ3n) is 2.26. The molecule has 1 N–H and O–H groups in total. The molecule has 0 atom stereocenters. The number of aromatic amines is 1. The first-order chi connectivity index (χ1) is 8.17. The lowest BCUT2D eigenvalue weighted by molar-refractivity contribution is 0.411. The highest BCUT2D eigenvalue weighted by atomic mass is 79.9. The van der Waals surface area contributed by atoms with Crippen LogP contribution in [0.15, 0.2) is 22.7 Å². The summed E-state index contributed by atoms with van der Waals surface area (Å²) in [5, 5.41) is 15.1. The van der Waals surface area contributed by atoms with Crippen molar-refractivity contribution in [1.82, 2.24) is 10.2 Å². The molecule has 0 spiro atoms. The van der Waals surface area contributed by atoms with Gasteiger partial charge in [0.1, 0.15) is 17.6 Å². The van der Waals surface area contributed by atoms with Crippen molar-refractivity contribution < 1.29 is 9.13 Å². The summed E-state index contributed by atoms with van der Waals surface area (Å²) in [5.41, 5.74) is 0.948. The van der Waals surface area contributed by atoms with Gasteiger partial charge in [0, 0.05) is 11.6 Å². The van der Waals surface area contributed by atoms with Gasteiger partial charge in [-0.05, 0) is 28.1 Å². The van der Waals surface area contributed by atoms with E-state index in [0.717, 1.165) is 0 Å². The lowest BCUT2D eigenvalue weighted by Gasteiger charge is -2.04. The minimum Gasteiger partial charge on any atom is -0.497 e. The number of ether oxygens (including phenoxy) is 1. The normalized spacial score (nSPS) is 10.0. The third kappa shape index (κ3) is 2.01. The van der Waals surface area contributed by atoms with Gasteiger partial charge in [0.15, 0.2) is 5.69 Å². The Hall–Kier alpha value is -1.87. The summed E-state index contributed by atoms with van der Waals surface area (Å²) in [6.45, 7) is 0. The van der Waals surface area contributed by atoms with Crippen molar-refractivity contribution >= 4 is 15.9 Å². The van der Waals surface area contributed by atoms with Crippen molar-refractivity contribution in [1.29, 1.82) is 5.26 Å². The molecule has 0 saturated heterocycles. The maximum absolute atomic E-state index is 13.8. The number of H-pyrrole nitrogens is 1. The number of nitrogens with one attached hydrogen (secondary N) is 1. The van der Waals surface area contributed by atoms with Crippen LogP contribution in [0.25, 0.3) is 11.3 Å². The Bertz CT molecular complexity index is 603. The fourth-order valence-electron chi connectivity index (χ4n) is 1.41. The van der Waals surface area contributed by atoms with E-state index < -0.39 is 5.82 Å². The van der Waals surface area contributed by atoms with E-state index in [9.17, 15) is 4.39 Å². The molecule has 1 aromatic heterocycles. The molecule has 2 rings (SSSR count). The maximum Gasteiger partial charge on any atom is 0.177 e. The van der Waals surface area contributed by atoms with Gasteiger partial charge in [-0.3, -0.25) is 5.10 Å². The molecule has 0 aliphatic rings. The fraction of sp³-hybridized carbons (Fsp3) is 0.0909. The topological polar surface area (TPSA) is 61.7 Å². The van der Waals surface area contributed by atoms with Gasteiger partial charge in [0.05, 0.1) is 17.3 Å². The molecule has 2 aromatic rings. The Labute approximate surface area is 105 Å². The van der Waals surface area contributed by atoms with Gasteiger partial charge >= 0.3 is 0 Å². The Balaban J connectivity index is 2.54. The molecular formula is C11H7BrFN3O. The molecule has 0 radical (unpaired) electrons. The van der Waals surface area contributed by atoms with Gasteiger partial charge in [-0.15, -0.1) is 0 Å². The largest absolute Gasteiger partial charge is 0.497 e. The van der Waals surface area contributed by atoms with Crippen LogP contribution in [0.2, 0.25) is 0 Å². The van der Waals surface area contributed by atoms with Gasteiger partial charge in [0.2, 0.25) is 0 Å². The highest BCUT2D eigenvalue weighted by Gasteiger charge is 2.15. The van der Waals surface area contributed by atoms with Crippen molar-refractivity contribution in [2.45, 2.75) is 0 Å². The van der Waals surface area contributed by atoms with E-state index in [1.807, 2.05) is 6.07 Å². The average molecular weight is 296 g/mol. The highest BCUT2D eigenvalue weighted by molar-refractivity contribution is 9.10. The predicted molar refractivity (Wildman–Crippen MR) is 62.9 cm³/mol. The molecule has 0 unspecified atom stereocenters. The van der Waals surface area contributed by atoms with Crippen LogP contribution in [0.1, 0.15) is 5.69 Å². The molecule has 0 aliphatic heterocycles. The number of nitriles is 1. The van der Waals surface area contributed by atoms with E-state index in [0.29, 0.717) is 21.5 Å². The zero-order valence-electron chi connectivity index (χ0n) is 8.79. The molecule has 0 saturated carbocycles. The number of hydrogen-bond acceptors (Lipinski definition) is 3. The van der Waals surface area contributed by atoms with Crippen LogP contribution >= 0.6 is 15.9 Å². The van der Waals surface area contributed by atoms with Crippen LogP contribution < -0.4 is 4.74 Å². The smallest absolute Gasteiger partial charge is 0.177 e. The fourth-order valence-corrected chi connectivity index (χ4v) is 1.89. The van der Waals surface area contributed by atoms with Gasteiger partial charge in [-0.1, -0.05) is 0 Å². The number of halogens is 2. The predicted octanol–water partition coefficient (Wildman–Crippen LogP) is 2.86. The average Bonchev–Trinajstić information content (AvgIpc) is 2.70. The Morgan fingerprint density at radius 2 is 2.29 bits per heavy atom. The molecule has 0 fully saturated rings. The third-order valence-corrected chi connectivity index (χ3v) is 3.03. The van der Waals surface area contributed by atoms with Gasteiger partial charge < -0.3 is 4.74 Å². The number of hydrogen-bond donors (Lipinski definition) is 1. The zero-order valence-corrected chi connectivity index (χ0v) is 10.4. The van der Waals surface area contributed by atoms with E-state index in [1.54, 1.807) is 12.1 Å². The van der Waals surface area contributed by atoms with Crippen LogP contribution in [0.3, 0.4) is 0 Å². The lowest BCUT2D eigenvalue weighted by Crippen LogP contribution is -1.89. The van der Waals surface area contributed by atoms with Gasteiger partial charge in [-0.2, -0.15) is 10.4 Å². The molecule has 1 aromatic carbocycles. The van der Waals surface area contributed by atoms with Gasteiger partial charge in [0.25, 0.3) is 0 Å². The maximum atomic E-state index is 13.8. The van der Waals surface area contributed by atoms with E-state index in [-0.39, 0.29) is 5.69 Å². The monoisotopic (exact) mass is 295 g/mol. The highest BCUT2D eigenvalue weighted by Crippen LogP contribution is 2.31. The quantitative estimate of drug-likeness (QED) is 0.927. The van der Waals surface area contributed by atoms with Crippen LogP contribution in [0, 0.1) is 17.1 Å². The molecule has 6 heteroatoms. The minimum atomic E-state index is -0.446. The number of benzene rings is 1. The summed E-state index contributed by atoms with van der Waals surface area (Å²) in [6, 6.07) is 6.36. The van der Waals surface area contributed by atoms with E-state index in [2.05, 4.69) is 26.1 Å². The van der Waals surface area contributed by atoms with Crippen molar-refractivity contribution in [2.24, 2.45) is 0 Å². The summed E-state index contributed by atoms with van der Waals surface area (Å²) in [7, 11) is 1.47. The molecule has 0 amide bonds. The van der Waals surface area contributed by atoms with Crippen LogP contribution in [-0.4, -0.2) is 17.3 Å². The van der Waals surface area contributed by atoms with Crippen molar-refractivity contribution in [3.8, 4) is 23.1 Å².